The average Bonchev–Trinajstić information content (AvgIpc) is 3.04. The van der Waals surface area contributed by atoms with Gasteiger partial charge in [-0.3, -0.25) is 9.52 Å². The Balaban J connectivity index is 1.69. The second-order valence-electron chi connectivity index (χ2n) is 7.15. The van der Waals surface area contributed by atoms with Crippen molar-refractivity contribution in [2.45, 2.75) is 64.2 Å². The molecular weight excluding hydrogens is 386 g/mol. The summed E-state index contributed by atoms with van der Waals surface area (Å²) < 4.78 is 8.60. The summed E-state index contributed by atoms with van der Waals surface area (Å²) in [7, 11) is 0. The topological polar surface area (TPSA) is 84.2 Å². The van der Waals surface area contributed by atoms with E-state index >= 15 is 0 Å². The van der Waals surface area contributed by atoms with Crippen molar-refractivity contribution in [1.82, 2.24) is 15.2 Å². The van der Waals surface area contributed by atoms with Crippen LogP contribution in [0.15, 0.2) is 27.6 Å². The first-order valence-corrected chi connectivity index (χ1v) is 11.0. The molecule has 2 aromatic rings. The maximum Gasteiger partial charge on any atom is 0.220 e. The summed E-state index contributed by atoms with van der Waals surface area (Å²) in [5, 5.41) is 6.98. The zero-order chi connectivity index (χ0) is 21.1. The monoisotopic (exact) mass is 417 g/mol. The van der Waals surface area contributed by atoms with Crippen molar-refractivity contribution in [1.29, 1.82) is 0 Å². The first-order valence-electron chi connectivity index (χ1n) is 10.2. The minimum Gasteiger partial charge on any atom is -0.361 e. The predicted molar refractivity (Wildman–Crippen MR) is 117 cm³/mol. The Morgan fingerprint density at radius 3 is 2.66 bits per heavy atom. The number of rotatable bonds is 13. The third-order valence-corrected chi connectivity index (χ3v) is 5.73. The molecule has 158 valence electrons. The quantitative estimate of drug-likeness (QED) is 0.283. The molecule has 2 N–H and O–H groups in total. The van der Waals surface area contributed by atoms with Gasteiger partial charge in [0.25, 0.3) is 0 Å². The number of carbonyl (C=O) groups is 2. The molecule has 29 heavy (non-hydrogen) atoms. The molecular formula is C22H31N3O3S. The molecule has 0 unspecified atom stereocenters. The lowest BCUT2D eigenvalue weighted by atomic mass is 10.0. The van der Waals surface area contributed by atoms with Gasteiger partial charge in [-0.2, -0.15) is 0 Å². The zero-order valence-electron chi connectivity index (χ0n) is 17.5. The van der Waals surface area contributed by atoms with E-state index in [1.165, 1.54) is 5.56 Å². The van der Waals surface area contributed by atoms with Gasteiger partial charge < -0.3 is 14.6 Å². The van der Waals surface area contributed by atoms with Gasteiger partial charge in [0, 0.05) is 36.4 Å². The molecule has 0 bridgehead atoms. The largest absolute Gasteiger partial charge is 0.361 e. The van der Waals surface area contributed by atoms with E-state index in [1.807, 2.05) is 13.8 Å². The number of hydrogen-bond acceptors (Lipinski definition) is 6. The first kappa shape index (κ1) is 23.2. The molecule has 0 spiro atoms. The van der Waals surface area contributed by atoms with Crippen LogP contribution in [0.3, 0.4) is 0 Å². The fraction of sp³-hybridized carbons (Fsp3) is 0.500. The summed E-state index contributed by atoms with van der Waals surface area (Å²) in [6.07, 6.45) is 5.92. The Kier molecular flexibility index (Phi) is 9.94. The van der Waals surface area contributed by atoms with Crippen molar-refractivity contribution >= 4 is 24.1 Å². The van der Waals surface area contributed by atoms with Gasteiger partial charge in [-0.05, 0) is 62.8 Å². The minimum absolute atomic E-state index is 0.0868. The molecule has 0 aliphatic heterocycles. The maximum absolute atomic E-state index is 11.8. The number of benzene rings is 1. The normalized spacial score (nSPS) is 10.9. The molecule has 0 fully saturated rings. The molecule has 1 amide bonds. The van der Waals surface area contributed by atoms with Crippen LogP contribution in [0.4, 0.5) is 0 Å². The molecule has 0 radical (unpaired) electrons. The fourth-order valence-corrected chi connectivity index (χ4v) is 3.87. The highest BCUT2D eigenvalue weighted by molar-refractivity contribution is 7.97. The van der Waals surface area contributed by atoms with Gasteiger partial charge in [-0.1, -0.05) is 30.1 Å². The lowest BCUT2D eigenvalue weighted by molar-refractivity contribution is -0.121. The number of hydrogen-bond donors (Lipinski definition) is 2. The summed E-state index contributed by atoms with van der Waals surface area (Å²) in [4.78, 5) is 23.2. The van der Waals surface area contributed by atoms with Gasteiger partial charge in [-0.25, -0.2) is 0 Å². The lowest BCUT2D eigenvalue weighted by Crippen LogP contribution is -2.29. The first-order chi connectivity index (χ1) is 14.0. The number of nitrogens with one attached hydrogen (secondary N) is 2. The maximum atomic E-state index is 11.8. The summed E-state index contributed by atoms with van der Waals surface area (Å²) in [5.41, 5.74) is 4.22. The third kappa shape index (κ3) is 7.66. The van der Waals surface area contributed by atoms with Crippen molar-refractivity contribution in [3.05, 3.63) is 35.2 Å². The van der Waals surface area contributed by atoms with Crippen LogP contribution < -0.4 is 10.0 Å². The molecule has 0 saturated heterocycles. The van der Waals surface area contributed by atoms with Gasteiger partial charge >= 0.3 is 0 Å². The summed E-state index contributed by atoms with van der Waals surface area (Å²) >= 11 is 1.57. The van der Waals surface area contributed by atoms with Gasteiger partial charge in [0.1, 0.15) is 12.0 Å². The third-order valence-electron chi connectivity index (χ3n) is 4.72. The molecule has 2 rings (SSSR count). The summed E-state index contributed by atoms with van der Waals surface area (Å²) in [6, 6.07) is 6.33. The number of amides is 1. The van der Waals surface area contributed by atoms with Crippen molar-refractivity contribution in [3.63, 3.8) is 0 Å². The number of carbonyl (C=O) groups excluding carboxylic acids is 2. The zero-order valence-corrected chi connectivity index (χ0v) is 18.4. The highest BCUT2D eigenvalue weighted by atomic mass is 32.2. The number of unbranched alkanes of at least 4 members (excludes halogenated alkanes) is 4. The molecule has 1 aromatic heterocycles. The Hall–Kier alpha value is -2.12. The van der Waals surface area contributed by atoms with Crippen LogP contribution in [0.2, 0.25) is 0 Å². The van der Waals surface area contributed by atoms with Gasteiger partial charge in [0.2, 0.25) is 5.91 Å². The minimum atomic E-state index is 0.0868. The van der Waals surface area contributed by atoms with Crippen molar-refractivity contribution in [3.8, 4) is 11.1 Å². The van der Waals surface area contributed by atoms with Crippen LogP contribution in [0.1, 0.15) is 55.5 Å². The Labute approximate surface area is 177 Å². The van der Waals surface area contributed by atoms with Crippen LogP contribution in [0.25, 0.3) is 11.1 Å². The van der Waals surface area contributed by atoms with Gasteiger partial charge in [0.15, 0.2) is 0 Å². The molecule has 0 aliphatic rings. The molecule has 6 nitrogen and oxygen atoms in total. The number of aldehydes is 1. The molecule has 0 atom stereocenters. The second-order valence-corrected chi connectivity index (χ2v) is 8.08. The smallest absolute Gasteiger partial charge is 0.220 e. The van der Waals surface area contributed by atoms with Crippen LogP contribution in [0, 0.1) is 20.8 Å². The van der Waals surface area contributed by atoms with Crippen LogP contribution in [-0.2, 0) is 9.59 Å². The number of aromatic nitrogens is 1. The van der Waals surface area contributed by atoms with Crippen molar-refractivity contribution in [2.75, 3.05) is 13.1 Å². The number of aryl methyl sites for hydroxylation is 3. The van der Waals surface area contributed by atoms with E-state index in [0.29, 0.717) is 25.9 Å². The molecule has 1 heterocycles. The molecule has 7 heteroatoms. The summed E-state index contributed by atoms with van der Waals surface area (Å²) in [6.45, 7) is 7.24. The van der Waals surface area contributed by atoms with Crippen molar-refractivity contribution in [2.24, 2.45) is 0 Å². The Bertz CT molecular complexity index is 785. The molecule has 0 aliphatic carbocycles. The Morgan fingerprint density at radius 1 is 1.14 bits per heavy atom. The van der Waals surface area contributed by atoms with E-state index < -0.39 is 0 Å². The highest BCUT2D eigenvalue weighted by Crippen LogP contribution is 2.31. The van der Waals surface area contributed by atoms with E-state index in [9.17, 15) is 9.59 Å². The fourth-order valence-electron chi connectivity index (χ4n) is 3.10. The van der Waals surface area contributed by atoms with Gasteiger partial charge in [0.05, 0.1) is 5.69 Å². The lowest BCUT2D eigenvalue weighted by Gasteiger charge is -2.10. The van der Waals surface area contributed by atoms with E-state index in [-0.39, 0.29) is 5.91 Å². The van der Waals surface area contributed by atoms with Crippen molar-refractivity contribution < 1.29 is 14.1 Å². The van der Waals surface area contributed by atoms with E-state index in [1.54, 1.807) is 11.9 Å². The highest BCUT2D eigenvalue weighted by Gasteiger charge is 2.13. The van der Waals surface area contributed by atoms with Crippen LogP contribution >= 0.6 is 11.9 Å². The standard InChI is InChI=1S/C22H31N3O3S/c1-16-10-11-19(22-17(2)25-28-18(22)3)15-20(16)29-24-13-12-23-21(27)9-7-5-4-6-8-14-26/h10-11,14-15,24H,4-9,12-13H2,1-3H3,(H,23,27). The van der Waals surface area contributed by atoms with E-state index in [4.69, 9.17) is 4.52 Å². The van der Waals surface area contributed by atoms with E-state index in [0.717, 1.165) is 59.4 Å². The SMILES string of the molecule is Cc1ccc(-c2c(C)noc2C)cc1SNCCNC(=O)CCCCCCC=O. The van der Waals surface area contributed by atoms with Crippen LogP contribution in [0.5, 0.6) is 0 Å². The number of nitrogens with zero attached hydrogens (tertiary/aromatic N) is 1. The van der Waals surface area contributed by atoms with E-state index in [2.05, 4.69) is 40.3 Å². The van der Waals surface area contributed by atoms with Gasteiger partial charge in [-0.15, -0.1) is 0 Å². The predicted octanol–water partition coefficient (Wildman–Crippen LogP) is 4.52. The molecule has 1 aromatic carbocycles. The second kappa shape index (κ2) is 12.4. The van der Waals surface area contributed by atoms with Crippen LogP contribution in [-0.4, -0.2) is 30.4 Å². The summed E-state index contributed by atoms with van der Waals surface area (Å²) in [5.74, 6) is 0.908. The molecule has 0 saturated carbocycles. The average molecular weight is 418 g/mol. The Morgan fingerprint density at radius 2 is 1.93 bits per heavy atom.